The number of hydrogen-bond donors (Lipinski definition) is 1. The van der Waals surface area contributed by atoms with E-state index in [-0.39, 0.29) is 0 Å². The fraction of sp³-hybridized carbons (Fsp3) is 0.0909. The highest BCUT2D eigenvalue weighted by Gasteiger charge is 2.14. The van der Waals surface area contributed by atoms with Crippen molar-refractivity contribution in [3.05, 3.63) is 34.2 Å². The summed E-state index contributed by atoms with van der Waals surface area (Å²) in [6.45, 7) is 1.79. The predicted molar refractivity (Wildman–Crippen MR) is 58.2 cm³/mol. The molecule has 0 aliphatic carbocycles. The van der Waals surface area contributed by atoms with E-state index in [2.05, 4.69) is 0 Å². The fourth-order valence-corrected chi connectivity index (χ4v) is 2.59. The molecule has 0 unspecified atom stereocenters. The molecule has 2 rings (SSSR count). The number of aryl methyl sites for hydroxylation is 1. The maximum absolute atomic E-state index is 10.9. The van der Waals surface area contributed by atoms with Gasteiger partial charge in [0.1, 0.15) is 4.88 Å². The SMILES string of the molecule is Cc1c(C(=O)O)sc2cc(C#N)ccc12. The molecule has 4 heteroatoms. The summed E-state index contributed by atoms with van der Waals surface area (Å²) >= 11 is 1.21. The molecule has 0 saturated carbocycles. The Morgan fingerprint density at radius 1 is 1.53 bits per heavy atom. The Morgan fingerprint density at radius 3 is 2.87 bits per heavy atom. The zero-order valence-electron chi connectivity index (χ0n) is 7.94. The molecule has 0 spiro atoms. The third kappa shape index (κ3) is 1.47. The molecule has 1 N–H and O–H groups in total. The van der Waals surface area contributed by atoms with E-state index in [1.165, 1.54) is 11.3 Å². The second kappa shape index (κ2) is 3.37. The minimum absolute atomic E-state index is 0.347. The molecular formula is C11H7NO2S. The van der Waals surface area contributed by atoms with Crippen LogP contribution < -0.4 is 0 Å². The fourth-order valence-electron chi connectivity index (χ4n) is 1.50. The Bertz CT molecular complexity index is 592. The van der Waals surface area contributed by atoms with Crippen LogP contribution in [0.3, 0.4) is 0 Å². The van der Waals surface area contributed by atoms with E-state index in [1.807, 2.05) is 6.07 Å². The number of carboxylic acid groups (broad SMARTS) is 1. The molecule has 0 fully saturated rings. The number of benzene rings is 1. The van der Waals surface area contributed by atoms with Crippen molar-refractivity contribution in [2.75, 3.05) is 0 Å². The molecular weight excluding hydrogens is 210 g/mol. The molecule has 0 aliphatic heterocycles. The zero-order chi connectivity index (χ0) is 11.0. The number of nitrogens with zero attached hydrogens (tertiary/aromatic N) is 1. The van der Waals surface area contributed by atoms with E-state index in [0.717, 1.165) is 15.6 Å². The van der Waals surface area contributed by atoms with Crippen LogP contribution in [0.5, 0.6) is 0 Å². The topological polar surface area (TPSA) is 61.1 Å². The molecule has 0 saturated heterocycles. The summed E-state index contributed by atoms with van der Waals surface area (Å²) in [6.07, 6.45) is 0. The predicted octanol–water partition coefficient (Wildman–Crippen LogP) is 2.78. The first kappa shape index (κ1) is 9.69. The monoisotopic (exact) mass is 217 g/mol. The van der Waals surface area contributed by atoms with E-state index in [0.29, 0.717) is 10.4 Å². The molecule has 0 bridgehead atoms. The number of nitriles is 1. The smallest absolute Gasteiger partial charge is 0.346 e. The lowest BCUT2D eigenvalue weighted by Crippen LogP contribution is -1.93. The quantitative estimate of drug-likeness (QED) is 0.798. The summed E-state index contributed by atoms with van der Waals surface area (Å²) in [5.74, 6) is -0.910. The van der Waals surface area contributed by atoms with Crippen LogP contribution in [-0.4, -0.2) is 11.1 Å². The van der Waals surface area contributed by atoms with Crippen molar-refractivity contribution in [3.8, 4) is 6.07 Å². The number of thiophene rings is 1. The Hall–Kier alpha value is -1.86. The van der Waals surface area contributed by atoms with Crippen LogP contribution in [0, 0.1) is 18.3 Å². The second-order valence-electron chi connectivity index (χ2n) is 3.18. The lowest BCUT2D eigenvalue weighted by atomic mass is 10.1. The first-order valence-electron chi connectivity index (χ1n) is 4.30. The summed E-state index contributed by atoms with van der Waals surface area (Å²) in [4.78, 5) is 11.2. The molecule has 74 valence electrons. The number of carboxylic acids is 1. The minimum Gasteiger partial charge on any atom is -0.477 e. The van der Waals surface area contributed by atoms with Gasteiger partial charge in [-0.25, -0.2) is 4.79 Å². The van der Waals surface area contributed by atoms with Gasteiger partial charge >= 0.3 is 5.97 Å². The Kier molecular flexibility index (Phi) is 2.18. The van der Waals surface area contributed by atoms with E-state index < -0.39 is 5.97 Å². The first-order chi connectivity index (χ1) is 7.13. The van der Waals surface area contributed by atoms with Gasteiger partial charge in [-0.15, -0.1) is 11.3 Å². The van der Waals surface area contributed by atoms with Crippen LogP contribution in [0.1, 0.15) is 20.8 Å². The minimum atomic E-state index is -0.910. The van der Waals surface area contributed by atoms with Crippen LogP contribution >= 0.6 is 11.3 Å². The first-order valence-corrected chi connectivity index (χ1v) is 5.11. The average Bonchev–Trinajstić information content (AvgIpc) is 2.55. The van der Waals surface area contributed by atoms with Gasteiger partial charge in [0.25, 0.3) is 0 Å². The van der Waals surface area contributed by atoms with Gasteiger partial charge in [-0.05, 0) is 30.0 Å². The molecule has 2 aromatic rings. The third-order valence-electron chi connectivity index (χ3n) is 2.26. The molecule has 0 aliphatic rings. The van der Waals surface area contributed by atoms with Crippen LogP contribution in [-0.2, 0) is 0 Å². The Balaban J connectivity index is 2.77. The maximum Gasteiger partial charge on any atom is 0.346 e. The third-order valence-corrected chi connectivity index (χ3v) is 3.50. The molecule has 1 aromatic carbocycles. The van der Waals surface area contributed by atoms with Crippen molar-refractivity contribution >= 4 is 27.4 Å². The van der Waals surface area contributed by atoms with E-state index in [4.69, 9.17) is 10.4 Å². The van der Waals surface area contributed by atoms with Crippen molar-refractivity contribution in [1.29, 1.82) is 5.26 Å². The largest absolute Gasteiger partial charge is 0.477 e. The van der Waals surface area contributed by atoms with Gasteiger partial charge in [0.15, 0.2) is 0 Å². The summed E-state index contributed by atoms with van der Waals surface area (Å²) in [7, 11) is 0. The summed E-state index contributed by atoms with van der Waals surface area (Å²) < 4.78 is 0.851. The Labute approximate surface area is 90.2 Å². The van der Waals surface area contributed by atoms with Gasteiger partial charge in [0.2, 0.25) is 0 Å². The van der Waals surface area contributed by atoms with E-state index >= 15 is 0 Å². The zero-order valence-corrected chi connectivity index (χ0v) is 8.76. The lowest BCUT2D eigenvalue weighted by Gasteiger charge is -1.92. The number of fused-ring (bicyclic) bond motifs is 1. The van der Waals surface area contributed by atoms with Gasteiger partial charge in [-0.1, -0.05) is 6.07 Å². The molecule has 0 radical (unpaired) electrons. The van der Waals surface area contributed by atoms with Gasteiger partial charge in [0.05, 0.1) is 11.6 Å². The summed E-state index contributed by atoms with van der Waals surface area (Å²) in [5, 5.41) is 18.6. The molecule has 3 nitrogen and oxygen atoms in total. The number of rotatable bonds is 1. The molecule has 1 heterocycles. The normalized spacial score (nSPS) is 10.1. The van der Waals surface area contributed by atoms with E-state index in [9.17, 15) is 4.79 Å². The van der Waals surface area contributed by atoms with Crippen molar-refractivity contribution in [3.63, 3.8) is 0 Å². The highest BCUT2D eigenvalue weighted by Crippen LogP contribution is 2.31. The van der Waals surface area contributed by atoms with Crippen LogP contribution in [0.15, 0.2) is 18.2 Å². The molecule has 0 amide bonds. The second-order valence-corrected chi connectivity index (χ2v) is 4.24. The van der Waals surface area contributed by atoms with Crippen molar-refractivity contribution in [2.24, 2.45) is 0 Å². The van der Waals surface area contributed by atoms with Gasteiger partial charge < -0.3 is 5.11 Å². The van der Waals surface area contributed by atoms with Crippen molar-refractivity contribution < 1.29 is 9.90 Å². The van der Waals surface area contributed by atoms with E-state index in [1.54, 1.807) is 25.1 Å². The standard InChI is InChI=1S/C11H7NO2S/c1-6-8-3-2-7(5-12)4-9(8)15-10(6)11(13)14/h2-4H,1H3,(H,13,14). The highest BCUT2D eigenvalue weighted by atomic mass is 32.1. The summed E-state index contributed by atoms with van der Waals surface area (Å²) in [5.41, 5.74) is 1.33. The average molecular weight is 217 g/mol. The molecule has 0 atom stereocenters. The van der Waals surface area contributed by atoms with Gasteiger partial charge in [-0.3, -0.25) is 0 Å². The van der Waals surface area contributed by atoms with Gasteiger partial charge in [-0.2, -0.15) is 5.26 Å². The van der Waals surface area contributed by atoms with Crippen molar-refractivity contribution in [2.45, 2.75) is 6.92 Å². The van der Waals surface area contributed by atoms with Crippen LogP contribution in [0.2, 0.25) is 0 Å². The molecule has 15 heavy (non-hydrogen) atoms. The van der Waals surface area contributed by atoms with Crippen LogP contribution in [0.25, 0.3) is 10.1 Å². The molecule has 1 aromatic heterocycles. The lowest BCUT2D eigenvalue weighted by molar-refractivity contribution is 0.0701. The number of hydrogen-bond acceptors (Lipinski definition) is 3. The van der Waals surface area contributed by atoms with Crippen LogP contribution in [0.4, 0.5) is 0 Å². The summed E-state index contributed by atoms with van der Waals surface area (Å²) in [6, 6.07) is 7.26. The number of aromatic carboxylic acids is 1. The highest BCUT2D eigenvalue weighted by molar-refractivity contribution is 7.21. The maximum atomic E-state index is 10.9. The van der Waals surface area contributed by atoms with Gasteiger partial charge in [0, 0.05) is 4.70 Å². The van der Waals surface area contributed by atoms with Crippen molar-refractivity contribution in [1.82, 2.24) is 0 Å². The number of carbonyl (C=O) groups is 1. The Morgan fingerprint density at radius 2 is 2.27 bits per heavy atom.